The first-order valence-corrected chi connectivity index (χ1v) is 28.1. The molecule has 26 heteroatoms. The monoisotopic (exact) mass is 1170 g/mol. The maximum atomic E-state index is 13.3. The second-order valence-electron chi connectivity index (χ2n) is 20.1. The summed E-state index contributed by atoms with van der Waals surface area (Å²) in [6.07, 6.45) is 0.865. The van der Waals surface area contributed by atoms with Crippen molar-refractivity contribution >= 4 is 46.4 Å². The number of allylic oxidation sites excluding steroid dienone is 1. The van der Waals surface area contributed by atoms with E-state index < -0.39 is 67.2 Å². The van der Waals surface area contributed by atoms with Gasteiger partial charge in [-0.05, 0) is 114 Å². The molecule has 460 valence electrons. The van der Waals surface area contributed by atoms with Gasteiger partial charge >= 0.3 is 18.4 Å². The lowest BCUT2D eigenvalue weighted by Crippen LogP contribution is -2.44. The summed E-state index contributed by atoms with van der Waals surface area (Å²) in [7, 11) is 1.51. The molecule has 4 amide bonds. The largest absolute Gasteiger partial charge is 0.416 e. The van der Waals surface area contributed by atoms with Crippen LogP contribution < -0.4 is 16.0 Å². The molecule has 1 saturated heterocycles. The minimum absolute atomic E-state index is 0.0102. The van der Waals surface area contributed by atoms with Crippen LogP contribution in [0.2, 0.25) is 0 Å². The number of methoxy groups -OCH3 is 1. The van der Waals surface area contributed by atoms with Gasteiger partial charge in [0.25, 0.3) is 11.8 Å². The van der Waals surface area contributed by atoms with Crippen molar-refractivity contribution in [1.29, 1.82) is 5.41 Å². The molecule has 8 rings (SSSR count). The Morgan fingerprint density at radius 3 is 1.67 bits per heavy atom. The number of urea groups is 1. The van der Waals surface area contributed by atoms with Gasteiger partial charge in [0.2, 0.25) is 0 Å². The van der Waals surface area contributed by atoms with Gasteiger partial charge in [0.1, 0.15) is 41.2 Å². The van der Waals surface area contributed by atoms with Crippen LogP contribution >= 0.6 is 0 Å². The van der Waals surface area contributed by atoms with E-state index in [0.717, 1.165) is 44.2 Å². The molecule has 4 atom stereocenters. The number of ether oxygens (including phenoxy) is 2. The summed E-state index contributed by atoms with van der Waals surface area (Å²) < 4.78 is 93.4. The molecular formula is C57H85F6N15O5. The molecule has 1 saturated carbocycles. The highest BCUT2D eigenvalue weighted by Crippen LogP contribution is 2.46. The third-order valence-electron chi connectivity index (χ3n) is 12.9. The minimum atomic E-state index is -4.58. The predicted octanol–water partition coefficient (Wildman–Crippen LogP) is 12.3. The molecule has 4 unspecified atom stereocenters. The number of fused-ring (bicyclic) bond motifs is 2. The number of halogens is 6. The van der Waals surface area contributed by atoms with E-state index in [4.69, 9.17) is 14.9 Å². The van der Waals surface area contributed by atoms with E-state index in [1.807, 2.05) is 101 Å². The van der Waals surface area contributed by atoms with Crippen LogP contribution in [0.1, 0.15) is 191 Å². The van der Waals surface area contributed by atoms with Crippen LogP contribution in [-0.4, -0.2) is 129 Å². The molecule has 7 heterocycles. The lowest BCUT2D eigenvalue weighted by atomic mass is 10.0. The van der Waals surface area contributed by atoms with Crippen LogP contribution in [-0.2, 0) is 15.9 Å². The molecule has 0 bridgehead atoms. The number of hydrogen-bond acceptors (Lipinski definition) is 12. The zero-order valence-electron chi connectivity index (χ0n) is 50.6. The van der Waals surface area contributed by atoms with Gasteiger partial charge in [-0.3, -0.25) is 19.0 Å². The van der Waals surface area contributed by atoms with Crippen LogP contribution in [0.15, 0.2) is 61.2 Å². The lowest BCUT2D eigenvalue weighted by Gasteiger charge is -2.30. The Kier molecular flexibility index (Phi) is 26.5. The molecule has 6 aromatic rings. The summed E-state index contributed by atoms with van der Waals surface area (Å²) in [6.45, 7) is 30.3. The zero-order valence-corrected chi connectivity index (χ0v) is 50.6. The van der Waals surface area contributed by atoms with Gasteiger partial charge in [0, 0.05) is 50.2 Å². The van der Waals surface area contributed by atoms with Gasteiger partial charge in [0.15, 0.2) is 16.9 Å². The number of hydrogen-bond donors (Lipinski definition) is 6. The third-order valence-corrected chi connectivity index (χ3v) is 12.9. The standard InChI is InChI=1S/C24H29F3N8O3.C21H27F3N6O2.C6H11N.3C2H6/c1-12(2)35-17(6-7-29-35)22(36)31-16(11-38-3)21-30-15-8-14(9-28-20(15)33-21)19(13-4-5-13)34-10-18(24(25,26)27)32-23(34)37;1-6-13-9-14-17(25-10-13)29-18(27-14)15(11-32-20(4,5)21(22,23)24)28-19(31)16-7-8-26-30(16)12(2)3;1-5(2)6(3)4-7;3*1-2/h6-9,12-13,16,18-19H,4-5,10-11H2,1-3H3,(H,31,36)(H,32,37)(H,28,30,33);7-10,12,15H,6,11H2,1-5H3,(H,28,31)(H,25,27,29);4-5,7H,3H2,1-2H3;3*1-2H3. The molecule has 2 fully saturated rings. The summed E-state index contributed by atoms with van der Waals surface area (Å²) in [5.41, 5.74) is 2.70. The van der Waals surface area contributed by atoms with Crippen molar-refractivity contribution < 1.29 is 50.2 Å². The number of nitrogens with zero attached hydrogens (tertiary/aromatic N) is 9. The van der Waals surface area contributed by atoms with E-state index in [2.05, 4.69) is 57.3 Å². The minimum Gasteiger partial charge on any atom is -0.382 e. The Bertz CT molecular complexity index is 3010. The number of carbonyl (C=O) groups is 3. The van der Waals surface area contributed by atoms with E-state index in [1.165, 1.54) is 29.1 Å². The predicted molar refractivity (Wildman–Crippen MR) is 308 cm³/mol. The molecular weight excluding hydrogens is 1090 g/mol. The van der Waals surface area contributed by atoms with Gasteiger partial charge in [-0.2, -0.15) is 36.5 Å². The molecule has 6 N–H and O–H groups in total. The van der Waals surface area contributed by atoms with Crippen molar-refractivity contribution in [2.24, 2.45) is 11.8 Å². The fraction of sp³-hybridized carbons (Fsp3) is 0.579. The molecule has 0 aromatic carbocycles. The van der Waals surface area contributed by atoms with E-state index >= 15 is 0 Å². The van der Waals surface area contributed by atoms with Crippen molar-refractivity contribution in [2.75, 3.05) is 26.9 Å². The molecule has 2 aliphatic rings. The first-order chi connectivity index (χ1) is 39.2. The molecule has 6 aromatic heterocycles. The average Bonchev–Trinajstić information content (AvgIpc) is 4.15. The van der Waals surface area contributed by atoms with Crippen LogP contribution in [0.25, 0.3) is 22.3 Å². The highest BCUT2D eigenvalue weighted by Gasteiger charge is 2.51. The van der Waals surface area contributed by atoms with Crippen molar-refractivity contribution in [3.05, 3.63) is 95.4 Å². The Labute approximate surface area is 482 Å². The van der Waals surface area contributed by atoms with Gasteiger partial charge in [0.05, 0.1) is 36.8 Å². The Hall–Kier alpha value is -7.22. The molecule has 1 aliphatic heterocycles. The second kappa shape index (κ2) is 31.4. The number of rotatable bonds is 19. The SMILES string of the molecule is C=C(C=N)C(C)C.CC.CC.CC.CCc1cnc2nc(C(COC(C)(C)C(F)(F)F)NC(=O)c3ccnn3C(C)C)[nH]c2c1.COCC(NC(=O)c1ccnn1C(C)C)c1nc2ncc(C(C3CC3)N3CC(C(F)(F)F)NC3=O)cc2[nH]1. The number of nitrogens with one attached hydrogen (secondary N) is 6. The summed E-state index contributed by atoms with van der Waals surface area (Å²) in [5.74, 6) is 0.299. The van der Waals surface area contributed by atoms with Crippen LogP contribution in [0.5, 0.6) is 0 Å². The highest BCUT2D eigenvalue weighted by molar-refractivity contribution is 5.93. The topological polar surface area (TPSA) is 252 Å². The Balaban J connectivity index is 0.000000365. The summed E-state index contributed by atoms with van der Waals surface area (Å²) in [5, 5.41) is 22.7. The number of carbonyl (C=O) groups excluding carboxylic acids is 3. The normalized spacial score (nSPS) is 15.3. The lowest BCUT2D eigenvalue weighted by molar-refractivity contribution is -0.265. The maximum absolute atomic E-state index is 13.3. The summed E-state index contributed by atoms with van der Waals surface area (Å²) in [6, 6.07) is 1.93. The van der Waals surface area contributed by atoms with E-state index in [1.54, 1.807) is 41.5 Å². The Morgan fingerprint density at radius 1 is 0.795 bits per heavy atom. The van der Waals surface area contributed by atoms with Gasteiger partial charge in [-0.25, -0.2) is 24.7 Å². The number of imidazole rings is 2. The highest BCUT2D eigenvalue weighted by atomic mass is 19.4. The number of alkyl halides is 6. The fourth-order valence-electron chi connectivity index (χ4n) is 8.04. The zero-order chi connectivity index (χ0) is 62.7. The van der Waals surface area contributed by atoms with E-state index in [-0.39, 0.29) is 42.0 Å². The fourth-order valence-corrected chi connectivity index (χ4v) is 8.04. The summed E-state index contributed by atoms with van der Waals surface area (Å²) in [4.78, 5) is 63.5. The first kappa shape index (κ1) is 70.0. The number of H-pyrrole nitrogens is 2. The van der Waals surface area contributed by atoms with Crippen molar-refractivity contribution in [2.45, 2.75) is 177 Å². The van der Waals surface area contributed by atoms with Crippen molar-refractivity contribution in [1.82, 2.24) is 70.3 Å². The number of amides is 4. The molecule has 20 nitrogen and oxygen atoms in total. The number of pyridine rings is 2. The van der Waals surface area contributed by atoms with Gasteiger partial charge in [-0.15, -0.1) is 0 Å². The van der Waals surface area contributed by atoms with Crippen LogP contribution in [0, 0.1) is 17.2 Å². The van der Waals surface area contributed by atoms with Crippen molar-refractivity contribution in [3.63, 3.8) is 0 Å². The van der Waals surface area contributed by atoms with Gasteiger partial charge in [-0.1, -0.05) is 68.9 Å². The Morgan fingerprint density at radius 2 is 1.28 bits per heavy atom. The number of aromatic amines is 2. The smallest absolute Gasteiger partial charge is 0.382 e. The third kappa shape index (κ3) is 18.6. The molecule has 83 heavy (non-hydrogen) atoms. The van der Waals surface area contributed by atoms with Crippen LogP contribution in [0.3, 0.4) is 0 Å². The number of aromatic nitrogens is 10. The molecule has 0 radical (unpaired) electrons. The first-order valence-electron chi connectivity index (χ1n) is 28.1. The van der Waals surface area contributed by atoms with Crippen molar-refractivity contribution in [3.8, 4) is 0 Å². The molecule has 1 aliphatic carbocycles. The average molecular weight is 1170 g/mol. The summed E-state index contributed by atoms with van der Waals surface area (Å²) >= 11 is 0. The van der Waals surface area contributed by atoms with Crippen LogP contribution in [0.4, 0.5) is 31.1 Å². The maximum Gasteiger partial charge on any atom is 0.416 e. The van der Waals surface area contributed by atoms with Gasteiger partial charge < -0.3 is 45.7 Å². The quantitative estimate of drug-likeness (QED) is 0.0329. The molecule has 0 spiro atoms. The van der Waals surface area contributed by atoms with E-state index in [9.17, 15) is 40.7 Å². The second-order valence-corrected chi connectivity index (χ2v) is 20.1. The van der Waals surface area contributed by atoms with E-state index in [0.29, 0.717) is 45.3 Å². The number of aryl methyl sites for hydroxylation is 1.